The summed E-state index contributed by atoms with van der Waals surface area (Å²) in [5, 5.41) is 15.3. The van der Waals surface area contributed by atoms with Gasteiger partial charge in [-0.25, -0.2) is 4.99 Å². The second kappa shape index (κ2) is 11.9. The van der Waals surface area contributed by atoms with Gasteiger partial charge in [0.05, 0.1) is 0 Å². The van der Waals surface area contributed by atoms with Crippen molar-refractivity contribution in [3.05, 3.63) is 83.4 Å². The maximum atomic E-state index is 5.16. The zero-order valence-corrected chi connectivity index (χ0v) is 18.6. The number of aliphatic imine (C=N–C) groups is 1. The zero-order valence-electron chi connectivity index (χ0n) is 18.6. The van der Waals surface area contributed by atoms with Crippen LogP contribution in [0.15, 0.2) is 65.7 Å². The summed E-state index contributed by atoms with van der Waals surface area (Å²) >= 11 is 0. The van der Waals surface area contributed by atoms with E-state index in [1.165, 1.54) is 11.1 Å². The molecule has 0 bridgehead atoms. The van der Waals surface area contributed by atoms with Crippen LogP contribution < -0.4 is 10.6 Å². The molecule has 0 spiro atoms. The molecule has 0 fully saturated rings. The quantitative estimate of drug-likeness (QED) is 0.300. The van der Waals surface area contributed by atoms with Crippen molar-refractivity contribution >= 4 is 5.96 Å². The molecule has 164 valence electrons. The van der Waals surface area contributed by atoms with Crippen molar-refractivity contribution in [2.45, 2.75) is 25.8 Å². The minimum atomic E-state index is 0.213. The molecule has 3 aromatic rings. The lowest BCUT2D eigenvalue weighted by Gasteiger charge is -2.21. The Hall–Kier alpha value is -3.19. The lowest BCUT2D eigenvalue weighted by Crippen LogP contribution is -2.40. The molecule has 0 amide bonds. The highest BCUT2D eigenvalue weighted by Crippen LogP contribution is 2.23. The first kappa shape index (κ1) is 22.5. The third-order valence-corrected chi connectivity index (χ3v) is 5.26. The molecule has 1 heterocycles. The van der Waals surface area contributed by atoms with Crippen LogP contribution in [0.5, 0.6) is 0 Å². The maximum absolute atomic E-state index is 5.16. The van der Waals surface area contributed by atoms with E-state index in [4.69, 9.17) is 9.73 Å². The van der Waals surface area contributed by atoms with Crippen molar-refractivity contribution in [2.24, 2.45) is 12.0 Å². The number of nitrogens with one attached hydrogen (secondary N) is 2. The summed E-state index contributed by atoms with van der Waals surface area (Å²) in [7, 11) is 3.67. The largest absolute Gasteiger partial charge is 0.385 e. The van der Waals surface area contributed by atoms with Gasteiger partial charge >= 0.3 is 0 Å². The number of methoxy groups -OCH3 is 1. The lowest BCUT2D eigenvalue weighted by atomic mass is 9.91. The standard InChI is InChI=1S/C24H32N6O/c1-19-28-29-23(30(19)2)18-27-24(25-15-10-16-31-3)26-17-22(20-11-6-4-7-12-20)21-13-8-5-9-14-21/h4-9,11-14,22H,10,15-18H2,1-3H3,(H2,25,26,27). The SMILES string of the molecule is COCCCNC(=NCc1nnc(C)n1C)NCC(c1ccccc1)c1ccccc1. The monoisotopic (exact) mass is 420 g/mol. The van der Waals surface area contributed by atoms with Crippen molar-refractivity contribution in [3.63, 3.8) is 0 Å². The van der Waals surface area contributed by atoms with Gasteiger partial charge in [0.1, 0.15) is 12.4 Å². The third kappa shape index (κ3) is 6.65. The topological polar surface area (TPSA) is 76.4 Å². The van der Waals surface area contributed by atoms with Crippen LogP contribution in [0.2, 0.25) is 0 Å². The Morgan fingerprint density at radius 3 is 2.19 bits per heavy atom. The maximum Gasteiger partial charge on any atom is 0.191 e. The number of aryl methyl sites for hydroxylation is 1. The van der Waals surface area contributed by atoms with E-state index in [2.05, 4.69) is 69.4 Å². The first-order chi connectivity index (χ1) is 15.2. The highest BCUT2D eigenvalue weighted by Gasteiger charge is 2.15. The Labute approximate surface area is 184 Å². The van der Waals surface area contributed by atoms with E-state index in [-0.39, 0.29) is 5.92 Å². The van der Waals surface area contributed by atoms with E-state index in [1.807, 2.05) is 30.7 Å². The Kier molecular flexibility index (Phi) is 8.60. The van der Waals surface area contributed by atoms with Crippen molar-refractivity contribution < 1.29 is 4.74 Å². The van der Waals surface area contributed by atoms with Crippen LogP contribution in [0.3, 0.4) is 0 Å². The number of rotatable bonds is 10. The summed E-state index contributed by atoms with van der Waals surface area (Å²) in [5.41, 5.74) is 2.53. The molecule has 0 aliphatic carbocycles. The fraction of sp³-hybridized carbons (Fsp3) is 0.375. The predicted molar refractivity (Wildman–Crippen MR) is 124 cm³/mol. The van der Waals surface area contributed by atoms with Gasteiger partial charge in [0.25, 0.3) is 0 Å². The van der Waals surface area contributed by atoms with Crippen LogP contribution in [-0.4, -0.2) is 47.5 Å². The molecule has 7 heteroatoms. The molecule has 2 N–H and O–H groups in total. The first-order valence-electron chi connectivity index (χ1n) is 10.6. The summed E-state index contributed by atoms with van der Waals surface area (Å²) in [5.74, 6) is 2.68. The highest BCUT2D eigenvalue weighted by molar-refractivity contribution is 5.79. The molecule has 0 radical (unpaired) electrons. The Morgan fingerprint density at radius 2 is 1.65 bits per heavy atom. The summed E-state index contributed by atoms with van der Waals surface area (Å²) in [6.07, 6.45) is 0.904. The molecular weight excluding hydrogens is 388 g/mol. The number of hydrogen-bond donors (Lipinski definition) is 2. The second-order valence-corrected chi connectivity index (χ2v) is 7.42. The van der Waals surface area contributed by atoms with E-state index in [0.717, 1.165) is 37.1 Å². The van der Waals surface area contributed by atoms with E-state index in [9.17, 15) is 0 Å². The Bertz CT molecular complexity index is 900. The Balaban J connectivity index is 1.74. The normalized spacial score (nSPS) is 11.7. The van der Waals surface area contributed by atoms with Crippen molar-refractivity contribution in [3.8, 4) is 0 Å². The van der Waals surface area contributed by atoms with E-state index in [1.54, 1.807) is 7.11 Å². The van der Waals surface area contributed by atoms with Crippen LogP contribution in [0.4, 0.5) is 0 Å². The van der Waals surface area contributed by atoms with Crippen molar-refractivity contribution in [2.75, 3.05) is 26.8 Å². The second-order valence-electron chi connectivity index (χ2n) is 7.42. The van der Waals surface area contributed by atoms with Crippen molar-refractivity contribution in [1.82, 2.24) is 25.4 Å². The van der Waals surface area contributed by atoms with Gasteiger partial charge in [0.2, 0.25) is 0 Å². The number of ether oxygens (including phenoxy) is 1. The molecule has 3 rings (SSSR count). The van der Waals surface area contributed by atoms with Gasteiger partial charge in [-0.05, 0) is 24.5 Å². The van der Waals surface area contributed by atoms with Gasteiger partial charge in [-0.2, -0.15) is 0 Å². The average Bonchev–Trinajstić information content (AvgIpc) is 3.13. The molecule has 0 saturated heterocycles. The molecule has 7 nitrogen and oxygen atoms in total. The highest BCUT2D eigenvalue weighted by atomic mass is 16.5. The van der Waals surface area contributed by atoms with Crippen LogP contribution in [-0.2, 0) is 18.3 Å². The third-order valence-electron chi connectivity index (χ3n) is 5.26. The molecule has 0 aliphatic rings. The fourth-order valence-corrected chi connectivity index (χ4v) is 3.33. The minimum absolute atomic E-state index is 0.213. The number of guanidine groups is 1. The number of nitrogens with zero attached hydrogens (tertiary/aromatic N) is 4. The van der Waals surface area contributed by atoms with Crippen LogP contribution >= 0.6 is 0 Å². The number of aromatic nitrogens is 3. The minimum Gasteiger partial charge on any atom is -0.385 e. The van der Waals surface area contributed by atoms with Gasteiger partial charge in [-0.3, -0.25) is 0 Å². The molecule has 0 aliphatic heterocycles. The lowest BCUT2D eigenvalue weighted by molar-refractivity contribution is 0.195. The van der Waals surface area contributed by atoms with Gasteiger partial charge < -0.3 is 19.9 Å². The summed E-state index contributed by atoms with van der Waals surface area (Å²) in [6, 6.07) is 21.1. The van der Waals surface area contributed by atoms with Crippen molar-refractivity contribution in [1.29, 1.82) is 0 Å². The molecule has 31 heavy (non-hydrogen) atoms. The number of benzene rings is 2. The molecule has 0 unspecified atom stereocenters. The predicted octanol–water partition coefficient (Wildman–Crippen LogP) is 3.03. The van der Waals surface area contributed by atoms with Gasteiger partial charge in [0.15, 0.2) is 11.8 Å². The van der Waals surface area contributed by atoms with E-state index < -0.39 is 0 Å². The molecule has 0 saturated carbocycles. The zero-order chi connectivity index (χ0) is 21.9. The van der Waals surface area contributed by atoms with Gasteiger partial charge in [-0.15, -0.1) is 10.2 Å². The fourth-order valence-electron chi connectivity index (χ4n) is 3.33. The van der Waals surface area contributed by atoms with Gasteiger partial charge in [0, 0.05) is 39.8 Å². The van der Waals surface area contributed by atoms with Gasteiger partial charge in [-0.1, -0.05) is 60.7 Å². The molecule has 2 aromatic carbocycles. The number of hydrogen-bond acceptors (Lipinski definition) is 4. The summed E-state index contributed by atoms with van der Waals surface area (Å²) < 4.78 is 7.12. The van der Waals surface area contributed by atoms with Crippen LogP contribution in [0.1, 0.15) is 35.1 Å². The smallest absolute Gasteiger partial charge is 0.191 e. The van der Waals surface area contributed by atoms with Crippen LogP contribution in [0, 0.1) is 6.92 Å². The Morgan fingerprint density at radius 1 is 1.00 bits per heavy atom. The van der Waals surface area contributed by atoms with E-state index >= 15 is 0 Å². The molecule has 0 atom stereocenters. The molecule has 1 aromatic heterocycles. The van der Waals surface area contributed by atoms with Crippen LogP contribution in [0.25, 0.3) is 0 Å². The van der Waals surface area contributed by atoms with E-state index in [0.29, 0.717) is 13.2 Å². The summed E-state index contributed by atoms with van der Waals surface area (Å²) in [6.45, 7) is 4.60. The summed E-state index contributed by atoms with van der Waals surface area (Å²) in [4.78, 5) is 4.76. The average molecular weight is 421 g/mol. The molecular formula is C24H32N6O. The first-order valence-corrected chi connectivity index (χ1v) is 10.6.